The second-order valence-electron chi connectivity index (χ2n) is 4.03. The molecule has 21 heavy (non-hydrogen) atoms. The third-order valence-corrected chi connectivity index (χ3v) is 2.97. The van der Waals surface area contributed by atoms with Gasteiger partial charge in [-0.15, -0.1) is 0 Å². The molecule has 1 aliphatic heterocycles. The van der Waals surface area contributed by atoms with Crippen LogP contribution in [0.4, 0.5) is 39.5 Å². The quantitative estimate of drug-likeness (QED) is 0.593. The third-order valence-electron chi connectivity index (χ3n) is 2.73. The van der Waals surface area contributed by atoms with Crippen LogP contribution in [-0.2, 0) is 4.79 Å². The summed E-state index contributed by atoms with van der Waals surface area (Å²) in [5, 5.41) is 2.48. The first-order valence-electron chi connectivity index (χ1n) is 4.95. The summed E-state index contributed by atoms with van der Waals surface area (Å²) in [6.07, 6.45) is -13.5. The van der Waals surface area contributed by atoms with Crippen LogP contribution in [0.3, 0.4) is 0 Å². The van der Waals surface area contributed by atoms with Gasteiger partial charge in [-0.3, -0.25) is 4.79 Å². The minimum Gasteiger partial charge on any atom is -0.361 e. The molecular formula is C8H5F9N2OS. The Morgan fingerprint density at radius 1 is 0.952 bits per heavy atom. The molecule has 1 aliphatic rings. The molecule has 0 aromatic carbocycles. The Morgan fingerprint density at radius 3 is 1.76 bits per heavy atom. The van der Waals surface area contributed by atoms with E-state index < -0.39 is 47.4 Å². The first-order chi connectivity index (χ1) is 9.16. The van der Waals surface area contributed by atoms with Crippen molar-refractivity contribution >= 4 is 23.2 Å². The predicted octanol–water partition coefficient (Wildman–Crippen LogP) is 2.08. The molecule has 3 nitrogen and oxygen atoms in total. The zero-order chi connectivity index (χ0) is 16.9. The van der Waals surface area contributed by atoms with Gasteiger partial charge in [-0.05, 0) is 12.2 Å². The highest BCUT2D eigenvalue weighted by Crippen LogP contribution is 2.56. The van der Waals surface area contributed by atoms with Gasteiger partial charge in [0.2, 0.25) is 5.91 Å². The van der Waals surface area contributed by atoms with E-state index in [1.54, 1.807) is 5.32 Å². The summed E-state index contributed by atoms with van der Waals surface area (Å²) < 4.78 is 114. The van der Waals surface area contributed by atoms with Crippen LogP contribution >= 0.6 is 12.2 Å². The fourth-order valence-electron chi connectivity index (χ4n) is 1.65. The van der Waals surface area contributed by atoms with Crippen molar-refractivity contribution < 1.29 is 44.3 Å². The lowest BCUT2D eigenvalue weighted by atomic mass is 9.80. The number of carbonyl (C=O) groups excluding carboxylic acids is 1. The molecule has 0 aliphatic carbocycles. The smallest absolute Gasteiger partial charge is 0.361 e. The highest BCUT2D eigenvalue weighted by Gasteiger charge is 2.84. The Morgan fingerprint density at radius 2 is 1.43 bits per heavy atom. The van der Waals surface area contributed by atoms with Crippen molar-refractivity contribution in [1.82, 2.24) is 10.6 Å². The molecule has 0 radical (unpaired) electrons. The monoisotopic (exact) mass is 348 g/mol. The van der Waals surface area contributed by atoms with E-state index in [0.29, 0.717) is 0 Å². The first kappa shape index (κ1) is 17.8. The lowest BCUT2D eigenvalue weighted by Crippen LogP contribution is -2.71. The van der Waals surface area contributed by atoms with Crippen molar-refractivity contribution in [1.29, 1.82) is 0 Å². The molecule has 0 bridgehead atoms. The van der Waals surface area contributed by atoms with Crippen LogP contribution in [0.25, 0.3) is 0 Å². The average molecular weight is 348 g/mol. The molecular weight excluding hydrogens is 343 g/mol. The maximum absolute atomic E-state index is 13.9. The van der Waals surface area contributed by atoms with Gasteiger partial charge in [0, 0.05) is 6.54 Å². The Balaban J connectivity index is 3.43. The summed E-state index contributed by atoms with van der Waals surface area (Å²) in [7, 11) is 0. The van der Waals surface area contributed by atoms with E-state index in [9.17, 15) is 44.3 Å². The van der Waals surface area contributed by atoms with Gasteiger partial charge >= 0.3 is 18.3 Å². The second-order valence-corrected chi connectivity index (χ2v) is 4.44. The van der Waals surface area contributed by atoms with Crippen molar-refractivity contribution in [2.24, 2.45) is 5.92 Å². The number of rotatable bonds is 2. The molecule has 0 aromatic heterocycles. The Labute approximate surface area is 115 Å². The lowest BCUT2D eigenvalue weighted by molar-refractivity contribution is -0.391. The number of halogens is 9. The van der Waals surface area contributed by atoms with Crippen LogP contribution < -0.4 is 10.6 Å². The van der Waals surface area contributed by atoms with E-state index in [4.69, 9.17) is 0 Å². The number of hydrogen-bond donors (Lipinski definition) is 2. The molecule has 2 N–H and O–H groups in total. The van der Waals surface area contributed by atoms with Gasteiger partial charge in [0.25, 0.3) is 5.67 Å². The van der Waals surface area contributed by atoms with E-state index in [2.05, 4.69) is 12.2 Å². The number of carbonyl (C=O) groups is 1. The SMILES string of the molecule is O=C1NC(=S)NCC1C(F)(C(F)(F)F)C(F)(F)C(F)(F)F. The lowest BCUT2D eigenvalue weighted by Gasteiger charge is -2.41. The summed E-state index contributed by atoms with van der Waals surface area (Å²) in [5.74, 6) is -12.2. The molecule has 0 aromatic rings. The molecule has 1 amide bonds. The molecule has 122 valence electrons. The number of hydrogen-bond acceptors (Lipinski definition) is 2. The number of nitrogens with one attached hydrogen (secondary N) is 2. The molecule has 1 rings (SSSR count). The molecule has 13 heteroatoms. The fourth-order valence-corrected chi connectivity index (χ4v) is 1.84. The molecule has 0 saturated carbocycles. The summed E-state index contributed by atoms with van der Waals surface area (Å²) in [6, 6.07) is 0. The Hall–Kier alpha value is -1.27. The first-order valence-corrected chi connectivity index (χ1v) is 5.36. The van der Waals surface area contributed by atoms with Crippen molar-refractivity contribution in [3.63, 3.8) is 0 Å². The van der Waals surface area contributed by atoms with Gasteiger partial charge in [0.15, 0.2) is 5.11 Å². The van der Waals surface area contributed by atoms with Crippen LogP contribution in [0, 0.1) is 5.92 Å². The van der Waals surface area contributed by atoms with E-state index in [-0.39, 0.29) is 0 Å². The normalized spacial score (nSPS) is 24.1. The standard InChI is InChI=1S/C8H5F9N2OS/c9-5(7(12,13)14,6(10,11)8(15,16)17)2-1-18-4(21)19-3(2)20/h2H,1H2,(H2,18,19,20,21). The Kier molecular flexibility index (Phi) is 4.13. The zero-order valence-corrected chi connectivity index (χ0v) is 10.3. The zero-order valence-electron chi connectivity index (χ0n) is 9.50. The molecule has 1 heterocycles. The topological polar surface area (TPSA) is 41.1 Å². The van der Waals surface area contributed by atoms with E-state index >= 15 is 0 Å². The molecule has 1 fully saturated rings. The van der Waals surface area contributed by atoms with Crippen molar-refractivity contribution in [2.75, 3.05) is 6.54 Å². The molecule has 1 saturated heterocycles. The molecule has 2 unspecified atom stereocenters. The molecule has 2 atom stereocenters. The summed E-state index contributed by atoms with van der Waals surface area (Å²) in [5.41, 5.74) is -6.15. The van der Waals surface area contributed by atoms with Gasteiger partial charge in [-0.2, -0.15) is 35.1 Å². The predicted molar refractivity (Wildman–Crippen MR) is 53.1 cm³/mol. The minimum absolute atomic E-state index is 0.615. The minimum atomic E-state index is -6.85. The Bertz CT molecular complexity index is 460. The van der Waals surface area contributed by atoms with Crippen LogP contribution in [0.15, 0.2) is 0 Å². The van der Waals surface area contributed by atoms with Crippen molar-refractivity contribution in [3.05, 3.63) is 0 Å². The summed E-state index contributed by atoms with van der Waals surface area (Å²) in [6.45, 7) is -1.47. The maximum atomic E-state index is 13.9. The van der Waals surface area contributed by atoms with Crippen LogP contribution in [0.1, 0.15) is 0 Å². The highest BCUT2D eigenvalue weighted by molar-refractivity contribution is 7.80. The van der Waals surface area contributed by atoms with Gasteiger partial charge in [0.05, 0.1) is 0 Å². The maximum Gasteiger partial charge on any atom is 0.457 e. The van der Waals surface area contributed by atoms with E-state index in [1.807, 2.05) is 0 Å². The van der Waals surface area contributed by atoms with Gasteiger partial charge in [0.1, 0.15) is 5.92 Å². The van der Waals surface area contributed by atoms with Gasteiger partial charge in [-0.1, -0.05) is 0 Å². The van der Waals surface area contributed by atoms with Crippen LogP contribution in [-0.4, -0.2) is 41.5 Å². The summed E-state index contributed by atoms with van der Waals surface area (Å²) >= 11 is 4.26. The van der Waals surface area contributed by atoms with Gasteiger partial charge in [-0.25, -0.2) is 4.39 Å². The average Bonchev–Trinajstić information content (AvgIpc) is 2.24. The highest BCUT2D eigenvalue weighted by atomic mass is 32.1. The van der Waals surface area contributed by atoms with E-state index in [1.165, 1.54) is 5.32 Å². The fraction of sp³-hybridized carbons (Fsp3) is 0.750. The number of thiocarbonyl (C=S) groups is 1. The van der Waals surface area contributed by atoms with Crippen LogP contribution in [0.2, 0.25) is 0 Å². The summed E-state index contributed by atoms with van der Waals surface area (Å²) in [4.78, 5) is 11.2. The van der Waals surface area contributed by atoms with Crippen molar-refractivity contribution in [3.8, 4) is 0 Å². The number of alkyl halides is 9. The van der Waals surface area contributed by atoms with Gasteiger partial charge < -0.3 is 10.6 Å². The number of amides is 1. The second kappa shape index (κ2) is 4.88. The largest absolute Gasteiger partial charge is 0.457 e. The van der Waals surface area contributed by atoms with Crippen molar-refractivity contribution in [2.45, 2.75) is 23.9 Å². The molecule has 0 spiro atoms. The van der Waals surface area contributed by atoms with E-state index in [0.717, 1.165) is 0 Å². The van der Waals surface area contributed by atoms with Crippen LogP contribution in [0.5, 0.6) is 0 Å². The third kappa shape index (κ3) is 2.62.